The molecule has 21 heavy (non-hydrogen) atoms. The Hall–Kier alpha value is -0.620. The summed E-state index contributed by atoms with van der Waals surface area (Å²) in [5.41, 5.74) is 5.96. The number of carbonyl (C=O) groups excluding carboxylic acids is 1. The smallest absolute Gasteiger partial charge is 0.223 e. The van der Waals surface area contributed by atoms with E-state index in [9.17, 15) is 13.2 Å². The van der Waals surface area contributed by atoms with Crippen LogP contribution >= 0.6 is 0 Å². The van der Waals surface area contributed by atoms with Gasteiger partial charge >= 0.3 is 0 Å². The molecule has 124 valence electrons. The van der Waals surface area contributed by atoms with E-state index in [2.05, 4.69) is 13.8 Å². The number of hydrogen-bond donors (Lipinski definition) is 1. The van der Waals surface area contributed by atoms with Gasteiger partial charge in [0, 0.05) is 26.1 Å². The first-order valence-corrected chi connectivity index (χ1v) is 9.66. The molecule has 0 aromatic heterocycles. The van der Waals surface area contributed by atoms with E-state index in [1.54, 1.807) is 11.9 Å². The molecule has 0 aromatic carbocycles. The van der Waals surface area contributed by atoms with Gasteiger partial charge in [0.1, 0.15) is 0 Å². The Morgan fingerprint density at radius 2 is 1.86 bits per heavy atom. The van der Waals surface area contributed by atoms with Crippen molar-refractivity contribution in [2.75, 3.05) is 19.3 Å². The quantitative estimate of drug-likeness (QED) is 0.736. The van der Waals surface area contributed by atoms with Gasteiger partial charge in [-0.05, 0) is 25.2 Å². The number of hydrogen-bond acceptors (Lipinski definition) is 4. The molecule has 0 heterocycles. The van der Waals surface area contributed by atoms with Crippen LogP contribution in [0.5, 0.6) is 0 Å². The standard InChI is InChI=1S/C15H30N2O3S/c1-12(2)14(16)8-10-17(3)15(18)9-11-21(19,20)13-6-4-5-7-13/h12-14H,4-11,16H2,1-3H3. The van der Waals surface area contributed by atoms with Crippen LogP contribution in [-0.4, -0.2) is 49.9 Å². The zero-order valence-electron chi connectivity index (χ0n) is 13.5. The zero-order chi connectivity index (χ0) is 16.0. The van der Waals surface area contributed by atoms with Gasteiger partial charge in [0.25, 0.3) is 0 Å². The highest BCUT2D eigenvalue weighted by Gasteiger charge is 2.29. The Balaban J connectivity index is 2.35. The average Bonchev–Trinajstić information content (AvgIpc) is 2.96. The van der Waals surface area contributed by atoms with Crippen molar-refractivity contribution in [3.63, 3.8) is 0 Å². The molecule has 1 aliphatic carbocycles. The SMILES string of the molecule is CC(C)C(N)CCN(C)C(=O)CCS(=O)(=O)C1CCCC1. The molecule has 1 amide bonds. The molecule has 0 bridgehead atoms. The number of sulfone groups is 1. The van der Waals surface area contributed by atoms with Crippen molar-refractivity contribution in [2.45, 2.75) is 63.7 Å². The molecule has 6 heteroatoms. The third-order valence-electron chi connectivity index (χ3n) is 4.49. The van der Waals surface area contributed by atoms with Gasteiger partial charge in [0.05, 0.1) is 11.0 Å². The number of carbonyl (C=O) groups is 1. The van der Waals surface area contributed by atoms with Gasteiger partial charge in [-0.1, -0.05) is 26.7 Å². The molecule has 0 aromatic rings. The number of nitrogens with zero attached hydrogens (tertiary/aromatic N) is 1. The Morgan fingerprint density at radius 1 is 1.29 bits per heavy atom. The summed E-state index contributed by atoms with van der Waals surface area (Å²) in [6, 6.07) is 0.0717. The van der Waals surface area contributed by atoms with Crippen molar-refractivity contribution in [3.05, 3.63) is 0 Å². The fraction of sp³-hybridized carbons (Fsp3) is 0.933. The van der Waals surface area contributed by atoms with Gasteiger partial charge in [-0.25, -0.2) is 8.42 Å². The van der Waals surface area contributed by atoms with Crippen molar-refractivity contribution < 1.29 is 13.2 Å². The zero-order valence-corrected chi connectivity index (χ0v) is 14.4. The highest BCUT2D eigenvalue weighted by molar-refractivity contribution is 7.92. The minimum atomic E-state index is -3.11. The summed E-state index contributed by atoms with van der Waals surface area (Å²) in [6.45, 7) is 4.70. The molecular formula is C15H30N2O3S. The predicted molar refractivity (Wildman–Crippen MR) is 85.7 cm³/mol. The molecule has 0 radical (unpaired) electrons. The normalized spacial score (nSPS) is 18.1. The molecule has 5 nitrogen and oxygen atoms in total. The van der Waals surface area contributed by atoms with Gasteiger partial charge in [-0.3, -0.25) is 4.79 Å². The summed E-state index contributed by atoms with van der Waals surface area (Å²) in [5.74, 6) is 0.264. The lowest BCUT2D eigenvalue weighted by atomic mass is 10.0. The predicted octanol–water partition coefficient (Wildman–Crippen LogP) is 1.57. The first kappa shape index (κ1) is 18.4. The summed E-state index contributed by atoms with van der Waals surface area (Å²) in [4.78, 5) is 13.6. The van der Waals surface area contributed by atoms with E-state index >= 15 is 0 Å². The third-order valence-corrected chi connectivity index (χ3v) is 6.75. The van der Waals surface area contributed by atoms with Crippen LogP contribution in [0.3, 0.4) is 0 Å². The van der Waals surface area contributed by atoms with Crippen molar-refractivity contribution >= 4 is 15.7 Å². The number of rotatable bonds is 8. The first-order chi connectivity index (χ1) is 9.74. The van der Waals surface area contributed by atoms with Crippen molar-refractivity contribution in [3.8, 4) is 0 Å². The average molecular weight is 318 g/mol. The highest BCUT2D eigenvalue weighted by atomic mass is 32.2. The van der Waals surface area contributed by atoms with Gasteiger partial charge in [-0.2, -0.15) is 0 Å². The molecule has 1 atom stereocenters. The van der Waals surface area contributed by atoms with Crippen LogP contribution in [0.15, 0.2) is 0 Å². The van der Waals surface area contributed by atoms with E-state index in [1.807, 2.05) is 0 Å². The maximum Gasteiger partial charge on any atom is 0.223 e. The van der Waals surface area contributed by atoms with E-state index in [1.165, 1.54) is 0 Å². The van der Waals surface area contributed by atoms with Crippen LogP contribution in [0.4, 0.5) is 0 Å². The fourth-order valence-electron chi connectivity index (χ4n) is 2.64. The number of nitrogens with two attached hydrogens (primary N) is 1. The lowest BCUT2D eigenvalue weighted by Gasteiger charge is -2.22. The summed E-state index contributed by atoms with van der Waals surface area (Å²) >= 11 is 0. The van der Waals surface area contributed by atoms with Crippen molar-refractivity contribution in [1.29, 1.82) is 0 Å². The summed E-state index contributed by atoms with van der Waals surface area (Å²) in [5, 5.41) is -0.218. The maximum absolute atomic E-state index is 12.1. The minimum absolute atomic E-state index is 0.0168. The molecule has 1 rings (SSSR count). The van der Waals surface area contributed by atoms with Gasteiger partial charge in [-0.15, -0.1) is 0 Å². The summed E-state index contributed by atoms with van der Waals surface area (Å²) < 4.78 is 24.2. The summed E-state index contributed by atoms with van der Waals surface area (Å²) in [7, 11) is -1.39. The molecule has 0 saturated heterocycles. The first-order valence-electron chi connectivity index (χ1n) is 7.95. The Bertz CT molecular complexity index is 428. The van der Waals surface area contributed by atoms with E-state index in [-0.39, 0.29) is 29.4 Å². The fourth-order valence-corrected chi connectivity index (χ4v) is 4.48. The van der Waals surface area contributed by atoms with Crippen LogP contribution in [0.2, 0.25) is 0 Å². The van der Waals surface area contributed by atoms with Gasteiger partial charge in [0.2, 0.25) is 5.91 Å². The highest BCUT2D eigenvalue weighted by Crippen LogP contribution is 2.25. The van der Waals surface area contributed by atoms with Gasteiger partial charge < -0.3 is 10.6 Å². The van der Waals surface area contributed by atoms with E-state index < -0.39 is 9.84 Å². The molecule has 1 fully saturated rings. The molecule has 0 spiro atoms. The second kappa shape index (κ2) is 8.13. The lowest BCUT2D eigenvalue weighted by molar-refractivity contribution is -0.129. The molecular weight excluding hydrogens is 288 g/mol. The van der Waals surface area contributed by atoms with Crippen LogP contribution in [-0.2, 0) is 14.6 Å². The van der Waals surface area contributed by atoms with Crippen LogP contribution < -0.4 is 5.73 Å². The Labute approximate surface area is 129 Å². The second-order valence-corrected chi connectivity index (χ2v) is 8.94. The van der Waals surface area contributed by atoms with Crippen molar-refractivity contribution in [1.82, 2.24) is 4.90 Å². The molecule has 1 saturated carbocycles. The molecule has 2 N–H and O–H groups in total. The monoisotopic (exact) mass is 318 g/mol. The molecule has 0 aliphatic heterocycles. The van der Waals surface area contributed by atoms with Crippen molar-refractivity contribution in [2.24, 2.45) is 11.7 Å². The second-order valence-electron chi connectivity index (χ2n) is 6.54. The Morgan fingerprint density at radius 3 is 2.38 bits per heavy atom. The topological polar surface area (TPSA) is 80.5 Å². The largest absolute Gasteiger partial charge is 0.346 e. The molecule has 1 aliphatic rings. The van der Waals surface area contributed by atoms with Crippen LogP contribution in [0.25, 0.3) is 0 Å². The summed E-state index contributed by atoms with van der Waals surface area (Å²) in [6.07, 6.45) is 4.34. The van der Waals surface area contributed by atoms with Gasteiger partial charge in [0.15, 0.2) is 9.84 Å². The van der Waals surface area contributed by atoms with E-state index in [0.29, 0.717) is 12.5 Å². The Kier molecular flexibility index (Phi) is 7.13. The van der Waals surface area contributed by atoms with E-state index in [4.69, 9.17) is 5.73 Å². The minimum Gasteiger partial charge on any atom is -0.346 e. The lowest BCUT2D eigenvalue weighted by Crippen LogP contribution is -2.35. The maximum atomic E-state index is 12.1. The third kappa shape index (κ3) is 5.94. The van der Waals surface area contributed by atoms with Crippen LogP contribution in [0.1, 0.15) is 52.4 Å². The number of amides is 1. The van der Waals surface area contributed by atoms with Crippen LogP contribution in [0, 0.1) is 5.92 Å². The van der Waals surface area contributed by atoms with E-state index in [0.717, 1.165) is 32.1 Å². The molecule has 1 unspecified atom stereocenters.